The first-order valence-corrected chi connectivity index (χ1v) is 17.6. The summed E-state index contributed by atoms with van der Waals surface area (Å²) in [6.07, 6.45) is 3.73. The smallest absolute Gasteiger partial charge is 0.136 e. The molecular formula is C49H32N2O. The zero-order valence-electron chi connectivity index (χ0n) is 28.3. The van der Waals surface area contributed by atoms with E-state index in [9.17, 15) is 0 Å². The number of benzene rings is 8. The summed E-state index contributed by atoms with van der Waals surface area (Å²) < 4.78 is 6.41. The Bertz CT molecular complexity index is 2910. The number of furan rings is 1. The van der Waals surface area contributed by atoms with Gasteiger partial charge in [0.1, 0.15) is 11.2 Å². The van der Waals surface area contributed by atoms with Gasteiger partial charge in [0.05, 0.1) is 5.69 Å². The minimum Gasteiger partial charge on any atom is -0.456 e. The largest absolute Gasteiger partial charge is 0.456 e. The van der Waals surface area contributed by atoms with Gasteiger partial charge in [-0.3, -0.25) is 4.98 Å². The minimum atomic E-state index is 0.858. The van der Waals surface area contributed by atoms with Gasteiger partial charge in [0.15, 0.2) is 0 Å². The summed E-state index contributed by atoms with van der Waals surface area (Å²) in [7, 11) is 0. The maximum absolute atomic E-state index is 6.41. The van der Waals surface area contributed by atoms with Crippen molar-refractivity contribution in [2.75, 3.05) is 4.90 Å². The Morgan fingerprint density at radius 2 is 1.02 bits per heavy atom. The SMILES string of the molecule is c1ccc(-c2ccccc2N(c2cccc(-c3ccc(-c4ccccc4)c4ccccc34)c2)c2ccc3oc4cc5cnccc5cc4c3c2)cc1. The summed E-state index contributed by atoms with van der Waals surface area (Å²) in [5.74, 6) is 0. The molecule has 2 heterocycles. The number of anilines is 3. The second-order valence-corrected chi connectivity index (χ2v) is 13.2. The third-order valence-corrected chi connectivity index (χ3v) is 10.1. The predicted molar refractivity (Wildman–Crippen MR) is 218 cm³/mol. The molecule has 0 atom stereocenters. The first-order chi connectivity index (χ1) is 25.8. The zero-order valence-corrected chi connectivity index (χ0v) is 28.3. The summed E-state index contributed by atoms with van der Waals surface area (Å²) in [6.45, 7) is 0. The first kappa shape index (κ1) is 29.9. The number of rotatable bonds is 6. The van der Waals surface area contributed by atoms with Crippen molar-refractivity contribution in [1.82, 2.24) is 4.98 Å². The van der Waals surface area contributed by atoms with Gasteiger partial charge in [-0.25, -0.2) is 0 Å². The van der Waals surface area contributed by atoms with Gasteiger partial charge in [0.25, 0.3) is 0 Å². The molecule has 0 N–H and O–H groups in total. The lowest BCUT2D eigenvalue weighted by atomic mass is 9.92. The number of pyridine rings is 1. The van der Waals surface area contributed by atoms with Crippen LogP contribution in [0.5, 0.6) is 0 Å². The molecule has 3 nitrogen and oxygen atoms in total. The quantitative estimate of drug-likeness (QED) is 0.177. The Morgan fingerprint density at radius 3 is 1.81 bits per heavy atom. The molecule has 10 aromatic rings. The summed E-state index contributed by atoms with van der Waals surface area (Å²) in [4.78, 5) is 6.71. The average Bonchev–Trinajstić information content (AvgIpc) is 3.57. The normalized spacial score (nSPS) is 11.5. The minimum absolute atomic E-state index is 0.858. The van der Waals surface area contributed by atoms with Crippen molar-refractivity contribution >= 4 is 60.5 Å². The maximum atomic E-state index is 6.41. The van der Waals surface area contributed by atoms with E-state index in [1.54, 1.807) is 0 Å². The van der Waals surface area contributed by atoms with E-state index in [1.807, 2.05) is 12.4 Å². The predicted octanol–water partition coefficient (Wildman–Crippen LogP) is 13.8. The molecule has 0 radical (unpaired) electrons. The van der Waals surface area contributed by atoms with Crippen LogP contribution in [-0.2, 0) is 0 Å². The van der Waals surface area contributed by atoms with E-state index in [1.165, 1.54) is 27.5 Å². The number of nitrogens with zero attached hydrogens (tertiary/aromatic N) is 2. The molecule has 2 aromatic heterocycles. The molecule has 0 saturated carbocycles. The standard InChI is InChI=1S/C49H32N2O/c1-3-12-33(13-4-1)40-23-24-41(44-20-8-7-19-43(40)44)36-16-11-17-38(28-36)51(47-21-10-9-18-42(47)34-14-5-2-6-15-34)39-22-25-48-46(31-39)45-29-35-26-27-50-32-37(35)30-49(45)52-48/h1-32H. The van der Waals surface area contributed by atoms with Crippen molar-refractivity contribution in [3.05, 3.63) is 194 Å². The van der Waals surface area contributed by atoms with Gasteiger partial charge in [-0.15, -0.1) is 0 Å². The van der Waals surface area contributed by atoms with E-state index < -0.39 is 0 Å². The lowest BCUT2D eigenvalue weighted by Gasteiger charge is -2.28. The van der Waals surface area contributed by atoms with Crippen LogP contribution in [-0.4, -0.2) is 4.98 Å². The molecule has 3 heteroatoms. The topological polar surface area (TPSA) is 29.3 Å². The molecule has 0 unspecified atom stereocenters. The van der Waals surface area contributed by atoms with Gasteiger partial charge < -0.3 is 9.32 Å². The molecule has 244 valence electrons. The third kappa shape index (κ3) is 5.10. The highest BCUT2D eigenvalue weighted by Crippen LogP contribution is 2.45. The van der Waals surface area contributed by atoms with Gasteiger partial charge in [-0.1, -0.05) is 127 Å². The Labute approximate surface area is 301 Å². The third-order valence-electron chi connectivity index (χ3n) is 10.1. The van der Waals surface area contributed by atoms with Gasteiger partial charge in [-0.2, -0.15) is 0 Å². The zero-order chi connectivity index (χ0) is 34.4. The van der Waals surface area contributed by atoms with Crippen LogP contribution in [0.1, 0.15) is 0 Å². The molecule has 0 amide bonds. The summed E-state index contributed by atoms with van der Waals surface area (Å²) in [5.41, 5.74) is 12.1. The van der Waals surface area contributed by atoms with Crippen LogP contribution in [0, 0.1) is 0 Å². The summed E-state index contributed by atoms with van der Waals surface area (Å²) in [5, 5.41) is 6.83. The van der Waals surface area contributed by atoms with Crippen LogP contribution in [0.4, 0.5) is 17.1 Å². The molecule has 52 heavy (non-hydrogen) atoms. The van der Waals surface area contributed by atoms with Gasteiger partial charge in [0, 0.05) is 45.5 Å². The fourth-order valence-electron chi connectivity index (χ4n) is 7.68. The lowest BCUT2D eigenvalue weighted by Crippen LogP contribution is -2.11. The molecule has 0 aliphatic rings. The fraction of sp³-hybridized carbons (Fsp3) is 0. The molecule has 0 aliphatic heterocycles. The monoisotopic (exact) mass is 664 g/mol. The van der Waals surface area contributed by atoms with E-state index in [0.29, 0.717) is 0 Å². The van der Waals surface area contributed by atoms with Gasteiger partial charge >= 0.3 is 0 Å². The van der Waals surface area contributed by atoms with E-state index >= 15 is 0 Å². The Morgan fingerprint density at radius 1 is 0.385 bits per heavy atom. The van der Waals surface area contributed by atoms with Crippen LogP contribution < -0.4 is 4.90 Å². The van der Waals surface area contributed by atoms with Crippen LogP contribution in [0.25, 0.3) is 76.9 Å². The molecule has 0 aliphatic carbocycles. The van der Waals surface area contributed by atoms with Crippen molar-refractivity contribution in [3.8, 4) is 33.4 Å². The van der Waals surface area contributed by atoms with Crippen LogP contribution in [0.15, 0.2) is 199 Å². The molecule has 0 fully saturated rings. The maximum Gasteiger partial charge on any atom is 0.136 e. The lowest BCUT2D eigenvalue weighted by molar-refractivity contribution is 0.669. The van der Waals surface area contributed by atoms with E-state index in [-0.39, 0.29) is 0 Å². The fourth-order valence-corrected chi connectivity index (χ4v) is 7.68. The highest BCUT2D eigenvalue weighted by atomic mass is 16.3. The van der Waals surface area contributed by atoms with E-state index in [2.05, 4.69) is 192 Å². The molecule has 8 aromatic carbocycles. The highest BCUT2D eigenvalue weighted by molar-refractivity contribution is 6.11. The highest BCUT2D eigenvalue weighted by Gasteiger charge is 2.20. The number of aromatic nitrogens is 1. The molecule has 10 rings (SSSR count). The van der Waals surface area contributed by atoms with Crippen LogP contribution in [0.3, 0.4) is 0 Å². The summed E-state index contributed by atoms with van der Waals surface area (Å²) >= 11 is 0. The van der Waals surface area contributed by atoms with E-state index in [0.717, 1.165) is 66.5 Å². The second-order valence-electron chi connectivity index (χ2n) is 13.2. The Hall–Kier alpha value is -6.97. The Balaban J connectivity index is 1.18. The Kier molecular flexibility index (Phi) is 7.14. The van der Waals surface area contributed by atoms with Gasteiger partial charge in [0.2, 0.25) is 0 Å². The number of hydrogen-bond donors (Lipinski definition) is 0. The van der Waals surface area contributed by atoms with Gasteiger partial charge in [-0.05, 0) is 98.6 Å². The number of hydrogen-bond acceptors (Lipinski definition) is 3. The first-order valence-electron chi connectivity index (χ1n) is 17.6. The average molecular weight is 665 g/mol. The van der Waals surface area contributed by atoms with Crippen LogP contribution >= 0.6 is 0 Å². The molecule has 0 saturated heterocycles. The van der Waals surface area contributed by atoms with Crippen molar-refractivity contribution in [2.24, 2.45) is 0 Å². The van der Waals surface area contributed by atoms with Crippen LogP contribution in [0.2, 0.25) is 0 Å². The van der Waals surface area contributed by atoms with Crippen molar-refractivity contribution in [2.45, 2.75) is 0 Å². The molecular weight excluding hydrogens is 633 g/mol. The molecule has 0 spiro atoms. The summed E-state index contributed by atoms with van der Waals surface area (Å²) in [6, 6.07) is 65.1. The number of para-hydroxylation sites is 1. The van der Waals surface area contributed by atoms with Crippen molar-refractivity contribution in [1.29, 1.82) is 0 Å². The number of fused-ring (bicyclic) bond motifs is 5. The second kappa shape index (κ2) is 12.4. The molecule has 0 bridgehead atoms. The van der Waals surface area contributed by atoms with Crippen molar-refractivity contribution in [3.63, 3.8) is 0 Å². The van der Waals surface area contributed by atoms with E-state index in [4.69, 9.17) is 4.42 Å². The van der Waals surface area contributed by atoms with Crippen molar-refractivity contribution < 1.29 is 4.42 Å².